The van der Waals surface area contributed by atoms with Gasteiger partial charge >= 0.3 is 0 Å². The lowest BCUT2D eigenvalue weighted by molar-refractivity contribution is 0.823. The van der Waals surface area contributed by atoms with Gasteiger partial charge < -0.3 is 0 Å². The van der Waals surface area contributed by atoms with Gasteiger partial charge in [-0.05, 0) is 61.4 Å². The predicted octanol–water partition coefficient (Wildman–Crippen LogP) is 6.67. The van der Waals surface area contributed by atoms with Crippen LogP contribution in [-0.4, -0.2) is 44.1 Å². The fraction of sp³-hybridized carbons (Fsp3) is 0.108. The molecule has 2 aromatic carbocycles. The molecule has 0 amide bonds. The first-order valence-electron chi connectivity index (χ1n) is 15.3. The van der Waals surface area contributed by atoms with Gasteiger partial charge in [-0.1, -0.05) is 60.7 Å². The zero-order valence-corrected chi connectivity index (χ0v) is 25.0. The Morgan fingerprint density at radius 2 is 1.00 bits per heavy atom. The van der Waals surface area contributed by atoms with Crippen LogP contribution in [0.3, 0.4) is 0 Å². The molecule has 0 unspecified atom stereocenters. The summed E-state index contributed by atoms with van der Waals surface area (Å²) in [5.41, 5.74) is 6.82. The summed E-state index contributed by atoms with van der Waals surface area (Å²) in [5.74, 6) is 1.69. The van der Waals surface area contributed by atoms with Crippen LogP contribution in [0.2, 0.25) is 0 Å². The molecule has 0 aliphatic heterocycles. The van der Waals surface area contributed by atoms with Crippen LogP contribution in [0.1, 0.15) is 23.0 Å². The lowest BCUT2D eigenvalue weighted by Crippen LogP contribution is -1.97. The molecule has 7 heterocycles. The summed E-state index contributed by atoms with van der Waals surface area (Å²) in [6, 6.07) is 36.5. The van der Waals surface area contributed by atoms with E-state index in [0.717, 1.165) is 87.3 Å². The molecule has 0 fully saturated rings. The van der Waals surface area contributed by atoms with Crippen molar-refractivity contribution in [2.75, 3.05) is 0 Å². The van der Waals surface area contributed by atoms with Crippen molar-refractivity contribution < 1.29 is 0 Å². The van der Waals surface area contributed by atoms with E-state index in [4.69, 9.17) is 4.98 Å². The second-order valence-electron chi connectivity index (χ2n) is 11.1. The maximum absolute atomic E-state index is 4.85. The number of hydrogen-bond donors (Lipinski definition) is 0. The zero-order valence-electron chi connectivity index (χ0n) is 25.0. The lowest BCUT2D eigenvalue weighted by atomic mass is 10.1. The van der Waals surface area contributed by atoms with Crippen molar-refractivity contribution in [3.05, 3.63) is 151 Å². The Morgan fingerprint density at radius 1 is 0.435 bits per heavy atom. The number of hydrogen-bond acceptors (Lipinski definition) is 7. The quantitative estimate of drug-likeness (QED) is 0.197. The van der Waals surface area contributed by atoms with Crippen molar-refractivity contribution >= 4 is 44.0 Å². The Bertz CT molecular complexity index is 2400. The summed E-state index contributed by atoms with van der Waals surface area (Å²) in [6.45, 7) is 0. The maximum Gasteiger partial charge on any atom is 0.155 e. The second-order valence-corrected chi connectivity index (χ2v) is 11.1. The van der Waals surface area contributed by atoms with Gasteiger partial charge in [0.2, 0.25) is 0 Å². The Kier molecular flexibility index (Phi) is 7.24. The fourth-order valence-electron chi connectivity index (χ4n) is 5.60. The first kappa shape index (κ1) is 27.5. The molecule has 9 nitrogen and oxygen atoms in total. The van der Waals surface area contributed by atoms with Crippen molar-refractivity contribution in [3.8, 4) is 0 Å². The summed E-state index contributed by atoms with van der Waals surface area (Å²) in [4.78, 5) is 23.1. The average molecular weight is 600 g/mol. The first-order chi connectivity index (χ1) is 22.7. The van der Waals surface area contributed by atoms with Crippen LogP contribution in [0, 0.1) is 0 Å². The number of pyridine rings is 5. The highest BCUT2D eigenvalue weighted by atomic mass is 15.3. The maximum atomic E-state index is 4.85. The highest BCUT2D eigenvalue weighted by Gasteiger charge is 2.08. The number of fused-ring (bicyclic) bond motifs is 6. The van der Waals surface area contributed by atoms with Crippen molar-refractivity contribution in [2.45, 2.75) is 25.7 Å². The zero-order chi connectivity index (χ0) is 30.7. The molecule has 0 aliphatic rings. The van der Waals surface area contributed by atoms with E-state index in [0.29, 0.717) is 0 Å². The Balaban J connectivity index is 0.000000138. The predicted molar refractivity (Wildman–Crippen MR) is 180 cm³/mol. The van der Waals surface area contributed by atoms with E-state index in [-0.39, 0.29) is 0 Å². The molecule has 222 valence electrons. The largest absolute Gasteiger partial charge is 0.254 e. The number of nitrogens with zero attached hydrogens (tertiary/aromatic N) is 9. The molecule has 0 bridgehead atoms. The Morgan fingerprint density at radius 3 is 1.70 bits per heavy atom. The molecule has 0 radical (unpaired) electrons. The van der Waals surface area contributed by atoms with Gasteiger partial charge in [-0.25, -0.2) is 19.0 Å². The number of aromatic nitrogens is 9. The second kappa shape index (κ2) is 12.1. The molecular formula is C37H29N9. The van der Waals surface area contributed by atoms with Crippen molar-refractivity contribution in [3.63, 3.8) is 0 Å². The van der Waals surface area contributed by atoms with Crippen LogP contribution in [-0.2, 0) is 25.7 Å². The number of para-hydroxylation sites is 1. The highest BCUT2D eigenvalue weighted by Crippen LogP contribution is 2.22. The van der Waals surface area contributed by atoms with Gasteiger partial charge in [-0.15, -0.1) is 0 Å². The molecule has 9 heteroatoms. The SMILES string of the molecule is c1ccc2nc(CCc3nc4ccccn4n3)ccc2c1.c1cnc2c(c1)ccc1ccc(CCc3nc4ccccn4n3)nc12. The highest BCUT2D eigenvalue weighted by molar-refractivity contribution is 6.02. The minimum absolute atomic E-state index is 0.762. The molecule has 0 saturated carbocycles. The van der Waals surface area contributed by atoms with Gasteiger partial charge in [0, 0.05) is 59.0 Å². The third-order valence-electron chi connectivity index (χ3n) is 7.93. The molecule has 46 heavy (non-hydrogen) atoms. The molecule has 7 aromatic heterocycles. The number of benzene rings is 2. The van der Waals surface area contributed by atoms with E-state index in [1.165, 1.54) is 5.39 Å². The molecule has 9 aromatic rings. The standard InChI is InChI=1S/C20H15N5.C17H14N4/c1-2-13-25-18(5-1)23-17(24-25)11-10-16-9-8-15-7-6-14-4-3-12-21-19(14)20(15)22-16;1-2-6-15-13(5-1)8-9-14(18-15)10-11-16-19-17-7-3-4-12-21(17)20-16/h1-9,12-13H,10-11H2;1-9,12H,10-11H2. The van der Waals surface area contributed by atoms with E-state index >= 15 is 0 Å². The van der Waals surface area contributed by atoms with Crippen molar-refractivity contribution in [1.82, 2.24) is 44.1 Å². The van der Waals surface area contributed by atoms with Gasteiger partial charge in [0.1, 0.15) is 0 Å². The third kappa shape index (κ3) is 5.73. The topological polar surface area (TPSA) is 99.0 Å². The minimum Gasteiger partial charge on any atom is -0.254 e. The Hall–Kier alpha value is -6.09. The smallest absolute Gasteiger partial charge is 0.155 e. The number of rotatable bonds is 6. The van der Waals surface area contributed by atoms with Crippen LogP contribution in [0.15, 0.2) is 128 Å². The molecule has 9 rings (SSSR count). The summed E-state index contributed by atoms with van der Waals surface area (Å²) in [6.07, 6.45) is 8.86. The summed E-state index contributed by atoms with van der Waals surface area (Å²) in [7, 11) is 0. The Labute approximate surface area is 264 Å². The van der Waals surface area contributed by atoms with Gasteiger partial charge in [0.15, 0.2) is 22.9 Å². The van der Waals surface area contributed by atoms with Gasteiger partial charge in [0.05, 0.1) is 16.6 Å². The van der Waals surface area contributed by atoms with E-state index in [2.05, 4.69) is 78.7 Å². The van der Waals surface area contributed by atoms with E-state index in [9.17, 15) is 0 Å². The molecule has 0 atom stereocenters. The molecule has 0 saturated heterocycles. The van der Waals surface area contributed by atoms with E-state index < -0.39 is 0 Å². The van der Waals surface area contributed by atoms with E-state index in [1.807, 2.05) is 83.8 Å². The normalized spacial score (nSPS) is 11.4. The van der Waals surface area contributed by atoms with Crippen molar-refractivity contribution in [2.24, 2.45) is 0 Å². The van der Waals surface area contributed by atoms with Crippen molar-refractivity contribution in [1.29, 1.82) is 0 Å². The van der Waals surface area contributed by atoms with Crippen LogP contribution >= 0.6 is 0 Å². The summed E-state index contributed by atoms with van der Waals surface area (Å²) < 4.78 is 3.61. The molecule has 0 aliphatic carbocycles. The lowest BCUT2D eigenvalue weighted by Gasteiger charge is -2.05. The molecule has 0 spiro atoms. The number of aryl methyl sites for hydroxylation is 4. The summed E-state index contributed by atoms with van der Waals surface area (Å²) >= 11 is 0. The van der Waals surface area contributed by atoms with Crippen LogP contribution in [0.4, 0.5) is 0 Å². The van der Waals surface area contributed by atoms with Gasteiger partial charge in [0.25, 0.3) is 0 Å². The van der Waals surface area contributed by atoms with Gasteiger partial charge in [-0.3, -0.25) is 15.0 Å². The summed E-state index contributed by atoms with van der Waals surface area (Å²) in [5, 5.41) is 12.4. The third-order valence-corrected chi connectivity index (χ3v) is 7.93. The van der Waals surface area contributed by atoms with Crippen LogP contribution in [0.25, 0.3) is 44.0 Å². The van der Waals surface area contributed by atoms with Crippen LogP contribution in [0.5, 0.6) is 0 Å². The monoisotopic (exact) mass is 599 g/mol. The molecular weight excluding hydrogens is 570 g/mol. The first-order valence-corrected chi connectivity index (χ1v) is 15.3. The minimum atomic E-state index is 0.762. The molecule has 0 N–H and O–H groups in total. The average Bonchev–Trinajstić information content (AvgIpc) is 3.74. The van der Waals surface area contributed by atoms with E-state index in [1.54, 1.807) is 4.52 Å². The fourth-order valence-corrected chi connectivity index (χ4v) is 5.60. The van der Waals surface area contributed by atoms with Gasteiger partial charge in [-0.2, -0.15) is 10.2 Å². The van der Waals surface area contributed by atoms with Crippen LogP contribution < -0.4 is 0 Å².